The summed E-state index contributed by atoms with van der Waals surface area (Å²) < 4.78 is 0. The number of hydrogen-bond donors (Lipinski definition) is 1. The summed E-state index contributed by atoms with van der Waals surface area (Å²) in [6.45, 7) is 3.18. The molecule has 1 rings (SSSR count). The monoisotopic (exact) mass is 198 g/mol. The summed E-state index contributed by atoms with van der Waals surface area (Å²) in [5.41, 5.74) is 0. The van der Waals surface area contributed by atoms with E-state index in [0.717, 1.165) is 12.4 Å². The van der Waals surface area contributed by atoms with Gasteiger partial charge in [-0.15, -0.1) is 0 Å². The van der Waals surface area contributed by atoms with Gasteiger partial charge < -0.3 is 5.32 Å². The second-order valence-electron chi connectivity index (χ2n) is 3.00. The van der Waals surface area contributed by atoms with Gasteiger partial charge >= 0.3 is 0 Å². The van der Waals surface area contributed by atoms with E-state index in [1.165, 1.54) is 19.3 Å². The summed E-state index contributed by atoms with van der Waals surface area (Å²) in [6.07, 6.45) is 5.36. The average Bonchev–Trinajstić information content (AvgIpc) is 2.15. The van der Waals surface area contributed by atoms with Crippen LogP contribution in [0.15, 0.2) is 18.3 Å². The molecule has 2 nitrogen and oxygen atoms in total. The lowest BCUT2D eigenvalue weighted by Crippen LogP contribution is -2.02. The Morgan fingerprint density at radius 3 is 2.85 bits per heavy atom. The SMILES string of the molecule is CCCCCNc1ccc(Cl)cn1. The van der Waals surface area contributed by atoms with Gasteiger partial charge in [0.25, 0.3) is 0 Å². The number of rotatable bonds is 5. The topological polar surface area (TPSA) is 24.9 Å². The first-order valence-electron chi connectivity index (χ1n) is 4.68. The largest absolute Gasteiger partial charge is 0.370 e. The quantitative estimate of drug-likeness (QED) is 0.735. The molecule has 0 aliphatic carbocycles. The van der Waals surface area contributed by atoms with E-state index < -0.39 is 0 Å². The van der Waals surface area contributed by atoms with Crippen molar-refractivity contribution in [3.05, 3.63) is 23.4 Å². The van der Waals surface area contributed by atoms with E-state index in [1.54, 1.807) is 6.20 Å². The highest BCUT2D eigenvalue weighted by molar-refractivity contribution is 6.30. The molecule has 0 fully saturated rings. The second-order valence-corrected chi connectivity index (χ2v) is 3.43. The van der Waals surface area contributed by atoms with Crippen LogP contribution in [0.4, 0.5) is 5.82 Å². The van der Waals surface area contributed by atoms with Gasteiger partial charge in [-0.05, 0) is 18.6 Å². The normalized spacial score (nSPS) is 10.0. The van der Waals surface area contributed by atoms with Gasteiger partial charge in [0, 0.05) is 12.7 Å². The Hall–Kier alpha value is -0.760. The predicted octanol–water partition coefficient (Wildman–Crippen LogP) is 3.34. The van der Waals surface area contributed by atoms with E-state index in [2.05, 4.69) is 17.2 Å². The molecule has 1 N–H and O–H groups in total. The van der Waals surface area contributed by atoms with E-state index in [0.29, 0.717) is 5.02 Å². The highest BCUT2D eigenvalue weighted by atomic mass is 35.5. The van der Waals surface area contributed by atoms with Crippen LogP contribution in [0.25, 0.3) is 0 Å². The zero-order valence-corrected chi connectivity index (χ0v) is 8.64. The molecule has 0 aliphatic rings. The third-order valence-corrected chi connectivity index (χ3v) is 2.04. The van der Waals surface area contributed by atoms with Crippen molar-refractivity contribution in [2.24, 2.45) is 0 Å². The summed E-state index contributed by atoms with van der Waals surface area (Å²) in [5, 5.41) is 3.92. The first kappa shape index (κ1) is 10.3. The Morgan fingerprint density at radius 2 is 2.23 bits per heavy atom. The van der Waals surface area contributed by atoms with Gasteiger partial charge in [-0.1, -0.05) is 31.4 Å². The van der Waals surface area contributed by atoms with Gasteiger partial charge in [0.15, 0.2) is 0 Å². The molecule has 72 valence electrons. The summed E-state index contributed by atoms with van der Waals surface area (Å²) in [5.74, 6) is 0.903. The number of nitrogens with one attached hydrogen (secondary N) is 1. The van der Waals surface area contributed by atoms with E-state index in [9.17, 15) is 0 Å². The lowest BCUT2D eigenvalue weighted by Gasteiger charge is -2.03. The van der Waals surface area contributed by atoms with Crippen LogP contribution in [0, 0.1) is 0 Å². The lowest BCUT2D eigenvalue weighted by atomic mass is 10.2. The van der Waals surface area contributed by atoms with Gasteiger partial charge in [-0.25, -0.2) is 4.98 Å². The van der Waals surface area contributed by atoms with Crippen molar-refractivity contribution in [3.63, 3.8) is 0 Å². The van der Waals surface area contributed by atoms with Crippen LogP contribution in [0.2, 0.25) is 5.02 Å². The Labute approximate surface area is 84.3 Å². The fourth-order valence-corrected chi connectivity index (χ4v) is 1.18. The molecular weight excluding hydrogens is 184 g/mol. The van der Waals surface area contributed by atoms with Crippen LogP contribution in [-0.4, -0.2) is 11.5 Å². The number of unbranched alkanes of at least 4 members (excludes halogenated alkanes) is 2. The van der Waals surface area contributed by atoms with Gasteiger partial charge in [-0.2, -0.15) is 0 Å². The number of pyridine rings is 1. The molecule has 0 aliphatic heterocycles. The second kappa shape index (κ2) is 5.81. The maximum absolute atomic E-state index is 5.71. The van der Waals surface area contributed by atoms with Crippen molar-refractivity contribution in [2.45, 2.75) is 26.2 Å². The Balaban J connectivity index is 2.25. The van der Waals surface area contributed by atoms with Gasteiger partial charge in [-0.3, -0.25) is 0 Å². The van der Waals surface area contributed by atoms with E-state index in [4.69, 9.17) is 11.6 Å². The molecule has 0 spiro atoms. The van der Waals surface area contributed by atoms with Gasteiger partial charge in [0.2, 0.25) is 0 Å². The van der Waals surface area contributed by atoms with Crippen LogP contribution in [0.1, 0.15) is 26.2 Å². The molecule has 1 aromatic heterocycles. The first-order valence-corrected chi connectivity index (χ1v) is 5.06. The number of nitrogens with zero attached hydrogens (tertiary/aromatic N) is 1. The minimum Gasteiger partial charge on any atom is -0.370 e. The number of aromatic nitrogens is 1. The molecule has 0 unspecified atom stereocenters. The van der Waals surface area contributed by atoms with Crippen LogP contribution in [-0.2, 0) is 0 Å². The maximum atomic E-state index is 5.71. The minimum atomic E-state index is 0.680. The van der Waals surface area contributed by atoms with Gasteiger partial charge in [0.1, 0.15) is 5.82 Å². The lowest BCUT2D eigenvalue weighted by molar-refractivity contribution is 0.742. The molecular formula is C10H15ClN2. The Bertz CT molecular complexity index is 233. The van der Waals surface area contributed by atoms with Crippen LogP contribution < -0.4 is 5.32 Å². The predicted molar refractivity (Wildman–Crippen MR) is 57.3 cm³/mol. The van der Waals surface area contributed by atoms with Crippen molar-refractivity contribution >= 4 is 17.4 Å². The van der Waals surface area contributed by atoms with E-state index in [1.807, 2.05) is 12.1 Å². The standard InChI is InChI=1S/C10H15ClN2/c1-2-3-4-7-12-10-6-5-9(11)8-13-10/h5-6,8H,2-4,7H2,1H3,(H,12,13). The molecule has 0 atom stereocenters. The minimum absolute atomic E-state index is 0.680. The molecule has 0 amide bonds. The smallest absolute Gasteiger partial charge is 0.125 e. The molecule has 1 aromatic rings. The number of anilines is 1. The highest BCUT2D eigenvalue weighted by Gasteiger charge is 1.92. The molecule has 0 aromatic carbocycles. The summed E-state index contributed by atoms with van der Waals surface area (Å²) in [7, 11) is 0. The van der Waals surface area contributed by atoms with Gasteiger partial charge in [0.05, 0.1) is 5.02 Å². The van der Waals surface area contributed by atoms with Crippen molar-refractivity contribution in [1.29, 1.82) is 0 Å². The van der Waals surface area contributed by atoms with Crippen LogP contribution >= 0.6 is 11.6 Å². The maximum Gasteiger partial charge on any atom is 0.125 e. The van der Waals surface area contributed by atoms with Crippen LogP contribution in [0.3, 0.4) is 0 Å². The molecule has 0 radical (unpaired) electrons. The van der Waals surface area contributed by atoms with E-state index in [-0.39, 0.29) is 0 Å². The summed E-state index contributed by atoms with van der Waals surface area (Å²) in [4.78, 5) is 4.13. The number of halogens is 1. The third-order valence-electron chi connectivity index (χ3n) is 1.81. The fourth-order valence-electron chi connectivity index (χ4n) is 1.07. The summed E-state index contributed by atoms with van der Waals surface area (Å²) >= 11 is 5.71. The molecule has 13 heavy (non-hydrogen) atoms. The van der Waals surface area contributed by atoms with E-state index >= 15 is 0 Å². The Morgan fingerprint density at radius 1 is 1.38 bits per heavy atom. The fraction of sp³-hybridized carbons (Fsp3) is 0.500. The third kappa shape index (κ3) is 4.13. The zero-order valence-electron chi connectivity index (χ0n) is 7.89. The Kier molecular flexibility index (Phi) is 4.61. The van der Waals surface area contributed by atoms with Crippen molar-refractivity contribution in [3.8, 4) is 0 Å². The zero-order chi connectivity index (χ0) is 9.52. The first-order chi connectivity index (χ1) is 6.33. The molecule has 0 saturated heterocycles. The molecule has 0 saturated carbocycles. The number of hydrogen-bond acceptors (Lipinski definition) is 2. The van der Waals surface area contributed by atoms with Crippen molar-refractivity contribution in [2.75, 3.05) is 11.9 Å². The molecule has 0 bridgehead atoms. The van der Waals surface area contributed by atoms with Crippen molar-refractivity contribution < 1.29 is 0 Å². The van der Waals surface area contributed by atoms with Crippen molar-refractivity contribution in [1.82, 2.24) is 4.98 Å². The average molecular weight is 199 g/mol. The highest BCUT2D eigenvalue weighted by Crippen LogP contribution is 2.09. The van der Waals surface area contributed by atoms with Crippen LogP contribution in [0.5, 0.6) is 0 Å². The molecule has 1 heterocycles. The molecule has 3 heteroatoms. The summed E-state index contributed by atoms with van der Waals surface area (Å²) in [6, 6.07) is 3.74.